The van der Waals surface area contributed by atoms with Crippen LogP contribution in [0.5, 0.6) is 0 Å². The average Bonchev–Trinajstić information content (AvgIpc) is 2.35. The average molecular weight is 245 g/mol. The van der Waals surface area contributed by atoms with Crippen molar-refractivity contribution in [3.63, 3.8) is 0 Å². The van der Waals surface area contributed by atoms with Crippen molar-refractivity contribution in [3.8, 4) is 0 Å². The first kappa shape index (κ1) is 14.4. The fourth-order valence-corrected chi connectivity index (χ4v) is 1.76. The van der Waals surface area contributed by atoms with E-state index in [1.54, 1.807) is 0 Å². The summed E-state index contributed by atoms with van der Waals surface area (Å²) in [6.07, 6.45) is 4.65. The number of hydrogen-bond acceptors (Lipinski definition) is 4. The van der Waals surface area contributed by atoms with Crippen LogP contribution in [0, 0.1) is 0 Å². The minimum absolute atomic E-state index is 0.0772. The van der Waals surface area contributed by atoms with Gasteiger partial charge in [-0.15, -0.1) is 0 Å². The summed E-state index contributed by atoms with van der Waals surface area (Å²) in [5.74, 6) is -0.104. The Labute approximate surface area is 102 Å². The third-order valence-electron chi connectivity index (χ3n) is 2.97. The maximum Gasteiger partial charge on any atom is 0.220 e. The lowest BCUT2D eigenvalue weighted by Gasteiger charge is -2.23. The lowest BCUT2D eigenvalue weighted by atomic mass is 10.0. The fourth-order valence-electron chi connectivity index (χ4n) is 1.76. The van der Waals surface area contributed by atoms with Crippen molar-refractivity contribution in [2.24, 2.45) is 0 Å². The van der Waals surface area contributed by atoms with Gasteiger partial charge in [-0.1, -0.05) is 0 Å². The summed E-state index contributed by atoms with van der Waals surface area (Å²) in [4.78, 5) is 11.5. The molecule has 5 nitrogen and oxygen atoms in total. The molecule has 0 aromatic carbocycles. The van der Waals surface area contributed by atoms with Gasteiger partial charge in [0.1, 0.15) is 5.60 Å². The first-order valence-corrected chi connectivity index (χ1v) is 6.25. The standard InChI is InChI=1S/C12H23NO4/c1-12(16,9-14)8-13-11(15)6-5-10-4-2-3-7-17-10/h10,14,16H,2-9H2,1H3,(H,13,15). The van der Waals surface area contributed by atoms with E-state index >= 15 is 0 Å². The normalized spacial score (nSPS) is 24.1. The monoisotopic (exact) mass is 245 g/mol. The minimum atomic E-state index is -1.24. The maximum atomic E-state index is 11.5. The van der Waals surface area contributed by atoms with Gasteiger partial charge in [0.05, 0.1) is 12.7 Å². The summed E-state index contributed by atoms with van der Waals surface area (Å²) in [5.41, 5.74) is -1.24. The maximum absolute atomic E-state index is 11.5. The molecule has 0 radical (unpaired) electrons. The fraction of sp³-hybridized carbons (Fsp3) is 0.917. The van der Waals surface area contributed by atoms with Crippen LogP contribution in [0.4, 0.5) is 0 Å². The van der Waals surface area contributed by atoms with Crippen LogP contribution in [0.2, 0.25) is 0 Å². The molecule has 1 heterocycles. The Morgan fingerprint density at radius 1 is 1.53 bits per heavy atom. The van der Waals surface area contributed by atoms with Crippen molar-refractivity contribution in [1.29, 1.82) is 0 Å². The van der Waals surface area contributed by atoms with Crippen LogP contribution < -0.4 is 5.32 Å². The number of aliphatic hydroxyl groups is 2. The Hall–Kier alpha value is -0.650. The first-order valence-electron chi connectivity index (χ1n) is 6.25. The van der Waals surface area contributed by atoms with Gasteiger partial charge in [-0.25, -0.2) is 0 Å². The molecule has 0 saturated carbocycles. The third kappa shape index (κ3) is 6.00. The lowest BCUT2D eigenvalue weighted by molar-refractivity contribution is -0.123. The molecule has 0 aromatic heterocycles. The number of carbonyl (C=O) groups is 1. The molecule has 1 fully saturated rings. The smallest absolute Gasteiger partial charge is 0.220 e. The van der Waals surface area contributed by atoms with Crippen molar-refractivity contribution in [2.75, 3.05) is 19.8 Å². The topological polar surface area (TPSA) is 78.8 Å². The Kier molecular flexibility index (Phi) is 5.88. The van der Waals surface area contributed by atoms with E-state index in [1.807, 2.05) is 0 Å². The second kappa shape index (κ2) is 6.93. The molecule has 3 N–H and O–H groups in total. The highest BCUT2D eigenvalue weighted by Crippen LogP contribution is 2.16. The highest BCUT2D eigenvalue weighted by Gasteiger charge is 2.20. The lowest BCUT2D eigenvalue weighted by Crippen LogP contribution is -2.43. The van der Waals surface area contributed by atoms with Crippen LogP contribution in [0.3, 0.4) is 0 Å². The van der Waals surface area contributed by atoms with Gasteiger partial charge in [-0.3, -0.25) is 4.79 Å². The molecule has 2 unspecified atom stereocenters. The molecule has 100 valence electrons. The first-order chi connectivity index (χ1) is 8.03. The van der Waals surface area contributed by atoms with E-state index < -0.39 is 5.60 Å². The highest BCUT2D eigenvalue weighted by atomic mass is 16.5. The third-order valence-corrected chi connectivity index (χ3v) is 2.97. The molecule has 0 aromatic rings. The van der Waals surface area contributed by atoms with E-state index in [-0.39, 0.29) is 25.2 Å². The Morgan fingerprint density at radius 2 is 2.29 bits per heavy atom. The number of nitrogens with one attached hydrogen (secondary N) is 1. The molecular formula is C12H23NO4. The molecule has 0 bridgehead atoms. The zero-order chi connectivity index (χ0) is 12.7. The van der Waals surface area contributed by atoms with Crippen LogP contribution in [0.1, 0.15) is 39.0 Å². The summed E-state index contributed by atoms with van der Waals surface area (Å²) in [7, 11) is 0. The quantitative estimate of drug-likeness (QED) is 0.624. The minimum Gasteiger partial charge on any atom is -0.393 e. The summed E-state index contributed by atoms with van der Waals surface area (Å²) in [5, 5.41) is 20.9. The number of ether oxygens (including phenoxy) is 1. The second-order valence-electron chi connectivity index (χ2n) is 4.96. The van der Waals surface area contributed by atoms with Gasteiger partial charge in [-0.2, -0.15) is 0 Å². The van der Waals surface area contributed by atoms with E-state index in [1.165, 1.54) is 13.3 Å². The van der Waals surface area contributed by atoms with Crippen LogP contribution in [0.25, 0.3) is 0 Å². The number of amides is 1. The summed E-state index contributed by atoms with van der Waals surface area (Å²) >= 11 is 0. The molecule has 1 saturated heterocycles. The highest BCUT2D eigenvalue weighted by molar-refractivity contribution is 5.75. The summed E-state index contributed by atoms with van der Waals surface area (Å²) in [6.45, 7) is 2.00. The molecule has 1 rings (SSSR count). The van der Waals surface area contributed by atoms with Gasteiger partial charge in [0.25, 0.3) is 0 Å². The second-order valence-corrected chi connectivity index (χ2v) is 4.96. The van der Waals surface area contributed by atoms with Gasteiger partial charge in [-0.05, 0) is 32.6 Å². The molecule has 1 amide bonds. The van der Waals surface area contributed by atoms with Crippen LogP contribution in [-0.4, -0.2) is 47.6 Å². The van der Waals surface area contributed by atoms with Crippen molar-refractivity contribution < 1.29 is 19.7 Å². The Balaban J connectivity index is 2.12. The predicted octanol–water partition coefficient (Wildman–Crippen LogP) is 0.195. The van der Waals surface area contributed by atoms with Gasteiger partial charge >= 0.3 is 0 Å². The Morgan fingerprint density at radius 3 is 2.88 bits per heavy atom. The molecule has 1 aliphatic rings. The number of hydrogen-bond donors (Lipinski definition) is 3. The zero-order valence-corrected chi connectivity index (χ0v) is 10.4. The van der Waals surface area contributed by atoms with Crippen molar-refractivity contribution >= 4 is 5.91 Å². The molecular weight excluding hydrogens is 222 g/mol. The number of rotatable bonds is 6. The molecule has 17 heavy (non-hydrogen) atoms. The summed E-state index contributed by atoms with van der Waals surface area (Å²) < 4.78 is 5.53. The largest absolute Gasteiger partial charge is 0.393 e. The molecule has 5 heteroatoms. The molecule has 2 atom stereocenters. The predicted molar refractivity (Wildman–Crippen MR) is 63.5 cm³/mol. The van der Waals surface area contributed by atoms with E-state index in [0.29, 0.717) is 6.42 Å². The van der Waals surface area contributed by atoms with Crippen LogP contribution in [0.15, 0.2) is 0 Å². The van der Waals surface area contributed by atoms with Gasteiger partial charge in [0, 0.05) is 19.6 Å². The summed E-state index contributed by atoms with van der Waals surface area (Å²) in [6, 6.07) is 0. The number of carbonyl (C=O) groups excluding carboxylic acids is 1. The molecule has 1 aliphatic heterocycles. The van der Waals surface area contributed by atoms with Crippen LogP contribution >= 0.6 is 0 Å². The zero-order valence-electron chi connectivity index (χ0n) is 10.4. The van der Waals surface area contributed by atoms with E-state index in [4.69, 9.17) is 9.84 Å². The van der Waals surface area contributed by atoms with Crippen molar-refractivity contribution in [1.82, 2.24) is 5.32 Å². The molecule has 0 aliphatic carbocycles. The van der Waals surface area contributed by atoms with Crippen molar-refractivity contribution in [3.05, 3.63) is 0 Å². The van der Waals surface area contributed by atoms with E-state index in [9.17, 15) is 9.90 Å². The van der Waals surface area contributed by atoms with Crippen molar-refractivity contribution in [2.45, 2.75) is 50.7 Å². The van der Waals surface area contributed by atoms with E-state index in [0.717, 1.165) is 25.9 Å². The van der Waals surface area contributed by atoms with E-state index in [2.05, 4.69) is 5.32 Å². The number of aliphatic hydroxyl groups excluding tert-OH is 1. The SMILES string of the molecule is CC(O)(CO)CNC(=O)CCC1CCCCO1. The van der Waals surface area contributed by atoms with Crippen LogP contribution in [-0.2, 0) is 9.53 Å². The Bertz CT molecular complexity index is 237. The molecule has 0 spiro atoms. The van der Waals surface area contributed by atoms with Gasteiger partial charge in [0.15, 0.2) is 0 Å². The van der Waals surface area contributed by atoms with Gasteiger partial charge in [0.2, 0.25) is 5.91 Å². The van der Waals surface area contributed by atoms with Gasteiger partial charge < -0.3 is 20.3 Å².